The van der Waals surface area contributed by atoms with Crippen LogP contribution in [0.4, 0.5) is 0 Å². The summed E-state index contributed by atoms with van der Waals surface area (Å²) < 4.78 is 6.00. The number of rotatable bonds is 4. The summed E-state index contributed by atoms with van der Waals surface area (Å²) in [6, 6.07) is 0.675. The molecule has 5 heteroatoms. The van der Waals surface area contributed by atoms with Gasteiger partial charge in [0.15, 0.2) is 0 Å². The van der Waals surface area contributed by atoms with Gasteiger partial charge in [-0.3, -0.25) is 4.79 Å². The predicted octanol–water partition coefficient (Wildman–Crippen LogP) is 3.58. The fourth-order valence-corrected chi connectivity index (χ4v) is 5.88. The molecule has 4 nitrogen and oxygen atoms in total. The summed E-state index contributed by atoms with van der Waals surface area (Å²) in [5, 5.41) is 13.6. The molecule has 3 aliphatic rings. The van der Waals surface area contributed by atoms with Gasteiger partial charge in [-0.25, -0.2) is 0 Å². The van der Waals surface area contributed by atoms with Crippen molar-refractivity contribution in [2.75, 3.05) is 6.61 Å². The number of fused-ring (bicyclic) bond motifs is 1. The standard InChI is InChI=1S/C18H30BrNO3/c1-2-23-17-6-4-3-5-12(17)16-10-14(18(21)22)13-9-11(19)7-8-15(13)20-16/h11-17,20H,2-10H2,1H3,(H,21,22). The highest BCUT2D eigenvalue weighted by Crippen LogP contribution is 2.42. The van der Waals surface area contributed by atoms with Gasteiger partial charge in [-0.15, -0.1) is 0 Å². The summed E-state index contributed by atoms with van der Waals surface area (Å²) in [5.41, 5.74) is 0. The number of nitrogens with one attached hydrogen (secondary N) is 1. The summed E-state index contributed by atoms with van der Waals surface area (Å²) in [6.45, 7) is 2.82. The van der Waals surface area contributed by atoms with Gasteiger partial charge >= 0.3 is 5.97 Å². The van der Waals surface area contributed by atoms with E-state index in [1.165, 1.54) is 19.3 Å². The number of hydrogen-bond acceptors (Lipinski definition) is 3. The summed E-state index contributed by atoms with van der Waals surface area (Å²) in [7, 11) is 0. The molecule has 0 spiro atoms. The lowest BCUT2D eigenvalue weighted by atomic mass is 9.67. The van der Waals surface area contributed by atoms with E-state index in [0.717, 1.165) is 38.7 Å². The molecule has 7 unspecified atom stereocenters. The second kappa shape index (κ2) is 7.83. The fourth-order valence-electron chi connectivity index (χ4n) is 5.18. The van der Waals surface area contributed by atoms with E-state index < -0.39 is 5.97 Å². The van der Waals surface area contributed by atoms with Gasteiger partial charge in [0, 0.05) is 29.4 Å². The largest absolute Gasteiger partial charge is 0.481 e. The van der Waals surface area contributed by atoms with E-state index in [9.17, 15) is 9.90 Å². The summed E-state index contributed by atoms with van der Waals surface area (Å²) in [6.07, 6.45) is 9.10. The third-order valence-corrected chi connectivity index (χ3v) is 7.09. The smallest absolute Gasteiger partial charge is 0.306 e. The number of carboxylic acids is 1. The van der Waals surface area contributed by atoms with E-state index in [-0.39, 0.29) is 11.8 Å². The molecule has 1 aliphatic heterocycles. The fraction of sp³-hybridized carbons (Fsp3) is 0.944. The minimum absolute atomic E-state index is 0.198. The molecule has 0 bridgehead atoms. The SMILES string of the molecule is CCOC1CCCCC1C1CC(C(=O)O)C2CC(Br)CCC2N1. The van der Waals surface area contributed by atoms with Crippen molar-refractivity contribution in [1.29, 1.82) is 0 Å². The topological polar surface area (TPSA) is 58.6 Å². The van der Waals surface area contributed by atoms with E-state index in [1.807, 2.05) is 0 Å². The van der Waals surface area contributed by atoms with E-state index in [2.05, 4.69) is 28.2 Å². The Bertz CT molecular complexity index is 417. The first-order chi connectivity index (χ1) is 11.1. The Morgan fingerprint density at radius 3 is 2.65 bits per heavy atom. The van der Waals surface area contributed by atoms with Crippen molar-refractivity contribution in [2.45, 2.75) is 81.3 Å². The Hall–Kier alpha value is -0.130. The highest BCUT2D eigenvalue weighted by molar-refractivity contribution is 9.09. The van der Waals surface area contributed by atoms with Crippen LogP contribution in [0.25, 0.3) is 0 Å². The van der Waals surface area contributed by atoms with E-state index in [1.54, 1.807) is 0 Å². The molecule has 1 saturated heterocycles. The van der Waals surface area contributed by atoms with Crippen LogP contribution in [0.15, 0.2) is 0 Å². The third kappa shape index (κ3) is 3.93. The van der Waals surface area contributed by atoms with Crippen LogP contribution in [-0.2, 0) is 9.53 Å². The molecule has 3 fully saturated rings. The van der Waals surface area contributed by atoms with Gasteiger partial charge in [0.05, 0.1) is 12.0 Å². The number of piperidine rings is 1. The minimum Gasteiger partial charge on any atom is -0.481 e. The molecule has 7 atom stereocenters. The van der Waals surface area contributed by atoms with E-state index in [4.69, 9.17) is 4.74 Å². The van der Waals surface area contributed by atoms with E-state index in [0.29, 0.717) is 28.9 Å². The van der Waals surface area contributed by atoms with Crippen LogP contribution in [0.5, 0.6) is 0 Å². The second-order valence-electron chi connectivity index (χ2n) is 7.58. The Morgan fingerprint density at radius 1 is 1.13 bits per heavy atom. The first kappa shape index (κ1) is 17.7. The van der Waals surface area contributed by atoms with Crippen molar-refractivity contribution < 1.29 is 14.6 Å². The predicted molar refractivity (Wildman–Crippen MR) is 93.9 cm³/mol. The van der Waals surface area contributed by atoms with E-state index >= 15 is 0 Å². The molecule has 1 heterocycles. The van der Waals surface area contributed by atoms with Gasteiger partial charge in [0.2, 0.25) is 0 Å². The summed E-state index contributed by atoms with van der Waals surface area (Å²) in [4.78, 5) is 12.4. The summed E-state index contributed by atoms with van der Waals surface area (Å²) >= 11 is 3.71. The Kier molecular flexibility index (Phi) is 6.02. The van der Waals surface area contributed by atoms with Gasteiger partial charge in [-0.1, -0.05) is 28.8 Å². The Morgan fingerprint density at radius 2 is 1.91 bits per heavy atom. The average molecular weight is 388 g/mol. The molecule has 23 heavy (non-hydrogen) atoms. The highest BCUT2D eigenvalue weighted by Gasteiger charge is 2.46. The monoisotopic (exact) mass is 387 g/mol. The van der Waals surface area contributed by atoms with Crippen molar-refractivity contribution in [3.63, 3.8) is 0 Å². The first-order valence-electron chi connectivity index (χ1n) is 9.34. The van der Waals surface area contributed by atoms with Gasteiger partial charge < -0.3 is 15.2 Å². The molecule has 132 valence electrons. The van der Waals surface area contributed by atoms with Crippen LogP contribution in [-0.4, -0.2) is 40.7 Å². The van der Waals surface area contributed by atoms with Crippen LogP contribution >= 0.6 is 15.9 Å². The van der Waals surface area contributed by atoms with Crippen molar-refractivity contribution in [2.24, 2.45) is 17.8 Å². The number of alkyl halides is 1. The van der Waals surface area contributed by atoms with Crippen molar-refractivity contribution in [3.8, 4) is 0 Å². The molecular weight excluding hydrogens is 358 g/mol. The van der Waals surface area contributed by atoms with Crippen LogP contribution in [0.3, 0.4) is 0 Å². The maximum absolute atomic E-state index is 11.9. The van der Waals surface area contributed by atoms with Gasteiger partial charge in [0.25, 0.3) is 0 Å². The van der Waals surface area contributed by atoms with Crippen molar-refractivity contribution in [3.05, 3.63) is 0 Å². The Labute approximate surface area is 147 Å². The number of halogens is 1. The molecular formula is C18H30BrNO3. The molecule has 0 amide bonds. The van der Waals surface area contributed by atoms with Crippen molar-refractivity contribution in [1.82, 2.24) is 5.32 Å². The maximum Gasteiger partial charge on any atom is 0.306 e. The molecule has 3 rings (SSSR count). The first-order valence-corrected chi connectivity index (χ1v) is 10.3. The van der Waals surface area contributed by atoms with Gasteiger partial charge in [-0.05, 0) is 51.4 Å². The lowest BCUT2D eigenvalue weighted by Gasteiger charge is -2.49. The van der Waals surface area contributed by atoms with Gasteiger partial charge in [0.1, 0.15) is 0 Å². The molecule has 0 aromatic carbocycles. The molecule has 0 aromatic heterocycles. The highest BCUT2D eigenvalue weighted by atomic mass is 79.9. The molecule has 2 N–H and O–H groups in total. The van der Waals surface area contributed by atoms with Crippen LogP contribution < -0.4 is 5.32 Å². The lowest BCUT2D eigenvalue weighted by Crippen LogP contribution is -2.59. The number of aliphatic carboxylic acids is 1. The normalized spacial score (nSPS) is 44.5. The quantitative estimate of drug-likeness (QED) is 0.723. The number of carboxylic acid groups (broad SMARTS) is 1. The zero-order chi connectivity index (χ0) is 16.4. The van der Waals surface area contributed by atoms with Crippen LogP contribution in [0.1, 0.15) is 58.3 Å². The minimum atomic E-state index is -0.600. The third-order valence-electron chi connectivity index (χ3n) is 6.26. The van der Waals surface area contributed by atoms with Crippen LogP contribution in [0.2, 0.25) is 0 Å². The molecule has 0 aromatic rings. The summed E-state index contributed by atoms with van der Waals surface area (Å²) in [5.74, 6) is -0.0446. The second-order valence-corrected chi connectivity index (χ2v) is 8.87. The number of ether oxygens (including phenoxy) is 1. The molecule has 2 aliphatic carbocycles. The van der Waals surface area contributed by atoms with Gasteiger partial charge in [-0.2, -0.15) is 0 Å². The molecule has 2 saturated carbocycles. The number of hydrogen-bond donors (Lipinski definition) is 2. The Balaban J connectivity index is 1.74. The molecule has 0 radical (unpaired) electrons. The zero-order valence-electron chi connectivity index (χ0n) is 14.0. The number of carbonyl (C=O) groups is 1. The zero-order valence-corrected chi connectivity index (χ0v) is 15.6. The maximum atomic E-state index is 11.9. The van der Waals surface area contributed by atoms with Crippen molar-refractivity contribution >= 4 is 21.9 Å². The lowest BCUT2D eigenvalue weighted by molar-refractivity contribution is -0.147. The average Bonchev–Trinajstić information content (AvgIpc) is 2.54. The van der Waals surface area contributed by atoms with Crippen LogP contribution in [0, 0.1) is 17.8 Å².